The molecule has 2 aromatic carbocycles. The Bertz CT molecular complexity index is 1070. The van der Waals surface area contributed by atoms with Crippen LogP contribution in [0.5, 0.6) is 0 Å². The highest BCUT2D eigenvalue weighted by Crippen LogP contribution is 2.36. The summed E-state index contributed by atoms with van der Waals surface area (Å²) in [6, 6.07) is 12.9. The number of aliphatic hydroxyl groups is 1. The smallest absolute Gasteiger partial charge is 0.416 e. The van der Waals surface area contributed by atoms with Crippen LogP contribution in [0.3, 0.4) is 0 Å². The van der Waals surface area contributed by atoms with Gasteiger partial charge >= 0.3 is 12.1 Å². The molecule has 0 saturated carbocycles. The van der Waals surface area contributed by atoms with Gasteiger partial charge in [0, 0.05) is 29.9 Å². The first-order chi connectivity index (χ1) is 18.3. The van der Waals surface area contributed by atoms with Gasteiger partial charge < -0.3 is 15.5 Å². The second-order valence-electron chi connectivity index (χ2n) is 11.3. The van der Waals surface area contributed by atoms with Gasteiger partial charge in [-0.15, -0.1) is 0 Å². The maximum absolute atomic E-state index is 13.7. The molecule has 0 radical (unpaired) electrons. The third-order valence-electron chi connectivity index (χ3n) is 7.20. The van der Waals surface area contributed by atoms with Crippen molar-refractivity contribution in [2.45, 2.75) is 87.9 Å². The van der Waals surface area contributed by atoms with E-state index in [1.165, 1.54) is 35.2 Å². The Balaban J connectivity index is 1.46. The van der Waals surface area contributed by atoms with Gasteiger partial charge in [-0.1, -0.05) is 36.8 Å². The van der Waals surface area contributed by atoms with Crippen LogP contribution < -0.4 is 5.32 Å². The van der Waals surface area contributed by atoms with Gasteiger partial charge in [-0.3, -0.25) is 4.79 Å². The van der Waals surface area contributed by atoms with Gasteiger partial charge in [-0.2, -0.15) is 13.2 Å². The number of β-amino-alcohol motifs (C(OH)–C–C–N with tert-alkyl or cyclic N) is 1. The van der Waals surface area contributed by atoms with Gasteiger partial charge in [-0.05, 0) is 106 Å². The van der Waals surface area contributed by atoms with Gasteiger partial charge in [0.25, 0.3) is 0 Å². The molecule has 0 spiro atoms. The zero-order chi connectivity index (χ0) is 28.6. The van der Waals surface area contributed by atoms with Crippen molar-refractivity contribution in [2.24, 2.45) is 5.92 Å². The largest absolute Gasteiger partial charge is 0.481 e. The van der Waals surface area contributed by atoms with E-state index in [2.05, 4.69) is 43.4 Å². The summed E-state index contributed by atoms with van der Waals surface area (Å²) in [7, 11) is 1.76. The number of aliphatic hydroxyl groups excluding tert-OH is 1. The first-order valence-electron chi connectivity index (χ1n) is 13.6. The van der Waals surface area contributed by atoms with E-state index < -0.39 is 23.8 Å². The second-order valence-corrected chi connectivity index (χ2v) is 12.6. The van der Waals surface area contributed by atoms with Crippen LogP contribution >= 0.6 is 11.9 Å². The molecule has 3 N–H and O–H groups in total. The molecule has 0 fully saturated rings. The Labute approximate surface area is 234 Å². The Morgan fingerprint density at radius 2 is 1.77 bits per heavy atom. The number of aliphatic carboxylic acids is 1. The van der Waals surface area contributed by atoms with Gasteiger partial charge in [0.2, 0.25) is 0 Å². The molecule has 2 aromatic rings. The Morgan fingerprint density at radius 3 is 2.38 bits per heavy atom. The lowest BCUT2D eigenvalue weighted by Gasteiger charge is -2.31. The van der Waals surface area contributed by atoms with Crippen molar-refractivity contribution in [1.82, 2.24) is 9.62 Å². The van der Waals surface area contributed by atoms with E-state index in [0.717, 1.165) is 19.3 Å². The first kappa shape index (κ1) is 31.5. The quantitative estimate of drug-likeness (QED) is 0.172. The van der Waals surface area contributed by atoms with Crippen molar-refractivity contribution in [2.75, 3.05) is 20.1 Å². The number of aryl methyl sites for hydroxylation is 1. The van der Waals surface area contributed by atoms with E-state index in [1.54, 1.807) is 17.4 Å². The molecule has 3 rings (SSSR count). The monoisotopic (exact) mass is 566 g/mol. The first-order valence-corrected chi connectivity index (χ1v) is 14.4. The molecule has 216 valence electrons. The number of hydrogen-bond donors (Lipinski definition) is 3. The van der Waals surface area contributed by atoms with Crippen LogP contribution in [-0.2, 0) is 30.2 Å². The molecule has 0 aromatic heterocycles. The lowest BCUT2D eigenvalue weighted by Crippen LogP contribution is -2.46. The molecule has 1 aliphatic carbocycles. The highest BCUT2D eigenvalue weighted by Gasteiger charge is 2.33. The summed E-state index contributed by atoms with van der Waals surface area (Å²) in [4.78, 5) is 11.1. The topological polar surface area (TPSA) is 72.8 Å². The molecule has 0 aliphatic heterocycles. The molecule has 0 bridgehead atoms. The van der Waals surface area contributed by atoms with Crippen LogP contribution in [0.25, 0.3) is 0 Å². The van der Waals surface area contributed by atoms with Crippen LogP contribution in [0.1, 0.15) is 68.2 Å². The average Bonchev–Trinajstić information content (AvgIpc) is 3.24. The molecule has 1 atom stereocenters. The minimum absolute atomic E-state index is 0.0300. The van der Waals surface area contributed by atoms with Gasteiger partial charge in [0.05, 0.1) is 11.7 Å². The van der Waals surface area contributed by atoms with Crippen molar-refractivity contribution in [3.63, 3.8) is 0 Å². The van der Waals surface area contributed by atoms with Gasteiger partial charge in [0.1, 0.15) is 0 Å². The number of carbonyl (C=O) groups is 1. The molecule has 0 unspecified atom stereocenters. The van der Waals surface area contributed by atoms with E-state index in [-0.39, 0.29) is 23.9 Å². The average molecular weight is 567 g/mol. The standard InChI is InChI=1S/C30H41F3N2O3S/c1-29(2,18-21-15-23-10-7-8-11-24(23)16-21)34-19-25(36)20-35(3)39-26-14-13-22(27(17-26)30(31,32)33)9-5-4-6-12-28(37)38/h7-8,10-11,13-14,17,21,25,34,36H,4-6,9,12,15-16,18-20H2,1-3H3,(H,37,38)/t25-/m1/s1. The number of nitrogens with one attached hydrogen (secondary N) is 1. The molecule has 5 nitrogen and oxygen atoms in total. The van der Waals surface area contributed by atoms with Crippen molar-refractivity contribution in [1.29, 1.82) is 0 Å². The predicted octanol–water partition coefficient (Wildman–Crippen LogP) is 6.37. The fraction of sp³-hybridized carbons (Fsp3) is 0.567. The van der Waals surface area contributed by atoms with Crippen molar-refractivity contribution in [3.05, 3.63) is 64.7 Å². The number of unbranched alkanes of at least 4 members (excludes halogenated alkanes) is 2. The number of carboxylic acid groups (broad SMARTS) is 1. The summed E-state index contributed by atoms with van der Waals surface area (Å²) in [5.74, 6) is -0.327. The fourth-order valence-electron chi connectivity index (χ4n) is 5.42. The number of likely N-dealkylation sites (N-methyl/N-ethyl adjacent to an activating group) is 1. The summed E-state index contributed by atoms with van der Waals surface area (Å²) in [5, 5.41) is 22.8. The summed E-state index contributed by atoms with van der Waals surface area (Å²) in [6.45, 7) is 4.99. The molecule has 0 amide bonds. The number of fused-ring (bicyclic) bond motifs is 1. The Kier molecular flexibility index (Phi) is 11.3. The second kappa shape index (κ2) is 14.0. The van der Waals surface area contributed by atoms with E-state index in [1.807, 2.05) is 0 Å². The minimum atomic E-state index is -4.47. The van der Waals surface area contributed by atoms with Crippen molar-refractivity contribution in [3.8, 4) is 0 Å². The maximum atomic E-state index is 13.7. The summed E-state index contributed by atoms with van der Waals surface area (Å²) in [6.07, 6.45) is -0.185. The number of benzene rings is 2. The highest BCUT2D eigenvalue weighted by molar-refractivity contribution is 7.97. The van der Waals surface area contributed by atoms with Crippen molar-refractivity contribution >= 4 is 17.9 Å². The molecular weight excluding hydrogens is 525 g/mol. The normalized spacial score (nSPS) is 15.1. The predicted molar refractivity (Wildman–Crippen MR) is 150 cm³/mol. The fourth-order valence-corrected chi connectivity index (χ4v) is 6.33. The Hall–Kier alpha value is -2.07. The minimum Gasteiger partial charge on any atom is -0.481 e. The van der Waals surface area contributed by atoms with Crippen LogP contribution in [0, 0.1) is 5.92 Å². The Morgan fingerprint density at radius 1 is 1.10 bits per heavy atom. The third kappa shape index (κ3) is 10.4. The number of carboxylic acids is 1. The zero-order valence-electron chi connectivity index (χ0n) is 23.1. The number of nitrogens with zero attached hydrogens (tertiary/aromatic N) is 1. The van der Waals surface area contributed by atoms with E-state index in [4.69, 9.17) is 5.11 Å². The molecule has 0 heterocycles. The van der Waals surface area contributed by atoms with Crippen LogP contribution in [0.4, 0.5) is 13.2 Å². The maximum Gasteiger partial charge on any atom is 0.416 e. The summed E-state index contributed by atoms with van der Waals surface area (Å²) >= 11 is 1.18. The highest BCUT2D eigenvalue weighted by atomic mass is 32.2. The lowest BCUT2D eigenvalue weighted by atomic mass is 9.88. The number of alkyl halides is 3. The lowest BCUT2D eigenvalue weighted by molar-refractivity contribution is -0.138. The van der Waals surface area contributed by atoms with Gasteiger partial charge in [0.15, 0.2) is 0 Å². The SMILES string of the molecule is CN(C[C@H](O)CNC(C)(C)CC1Cc2ccccc2C1)Sc1ccc(CCCCCC(=O)O)c(C(F)(F)F)c1. The summed E-state index contributed by atoms with van der Waals surface area (Å²) in [5.41, 5.74) is 2.27. The van der Waals surface area contributed by atoms with Crippen LogP contribution in [-0.4, -0.2) is 52.3 Å². The molecule has 1 aliphatic rings. The summed E-state index contributed by atoms with van der Waals surface area (Å²) < 4.78 is 43.0. The van der Waals surface area contributed by atoms with Crippen LogP contribution in [0.2, 0.25) is 0 Å². The molecule has 0 saturated heterocycles. The van der Waals surface area contributed by atoms with E-state index in [9.17, 15) is 23.1 Å². The van der Waals surface area contributed by atoms with Crippen molar-refractivity contribution < 1.29 is 28.2 Å². The molecule has 9 heteroatoms. The number of hydrogen-bond acceptors (Lipinski definition) is 5. The van der Waals surface area contributed by atoms with Crippen LogP contribution in [0.15, 0.2) is 47.4 Å². The van der Waals surface area contributed by atoms with Gasteiger partial charge in [-0.25, -0.2) is 4.31 Å². The third-order valence-corrected chi connectivity index (χ3v) is 8.13. The molecule has 39 heavy (non-hydrogen) atoms. The molecular formula is C30H41F3N2O3S. The van der Waals surface area contributed by atoms with E-state index >= 15 is 0 Å². The van der Waals surface area contributed by atoms with E-state index in [0.29, 0.717) is 43.2 Å². The number of halogens is 3. The zero-order valence-corrected chi connectivity index (χ0v) is 23.9. The number of rotatable bonds is 15.